The lowest BCUT2D eigenvalue weighted by Crippen LogP contribution is -2.01. The van der Waals surface area contributed by atoms with Gasteiger partial charge in [0.1, 0.15) is 11.5 Å². The minimum absolute atomic E-state index is 0.0888. The van der Waals surface area contributed by atoms with Gasteiger partial charge in [-0.05, 0) is 19.1 Å². The summed E-state index contributed by atoms with van der Waals surface area (Å²) in [5, 5.41) is 9.74. The minimum atomic E-state index is -0.467. The fourth-order valence-electron chi connectivity index (χ4n) is 1.33. The summed E-state index contributed by atoms with van der Waals surface area (Å²) in [5.74, 6) is -0.0518. The van der Waals surface area contributed by atoms with Gasteiger partial charge in [-0.25, -0.2) is 4.79 Å². The summed E-state index contributed by atoms with van der Waals surface area (Å²) in [4.78, 5) is 11.2. The lowest BCUT2D eigenvalue weighted by Gasteiger charge is -2.08. The van der Waals surface area contributed by atoms with Crippen molar-refractivity contribution in [3.05, 3.63) is 23.3 Å². The van der Waals surface area contributed by atoms with Gasteiger partial charge in [0.2, 0.25) is 0 Å². The number of carbonyl (C=O) groups is 1. The minimum Gasteiger partial charge on any atom is -0.505 e. The lowest BCUT2D eigenvalue weighted by atomic mass is 10.1. The molecule has 17 heavy (non-hydrogen) atoms. The Morgan fingerprint density at radius 2 is 2.06 bits per heavy atom. The topological polar surface area (TPSA) is 81.8 Å². The maximum Gasteiger partial charge on any atom is 0.333 e. The Kier molecular flexibility index (Phi) is 3.98. The molecule has 1 rings (SSSR count). The molecule has 0 atom stereocenters. The van der Waals surface area contributed by atoms with E-state index in [-0.39, 0.29) is 11.4 Å². The number of anilines is 1. The maximum absolute atomic E-state index is 11.2. The zero-order valence-electron chi connectivity index (χ0n) is 9.98. The molecule has 0 aliphatic carbocycles. The average molecular weight is 237 g/mol. The van der Waals surface area contributed by atoms with Crippen LogP contribution in [0.1, 0.15) is 12.5 Å². The van der Waals surface area contributed by atoms with Crippen LogP contribution >= 0.6 is 0 Å². The molecule has 0 amide bonds. The smallest absolute Gasteiger partial charge is 0.333 e. The Labute approximate surface area is 99.5 Å². The fraction of sp³-hybridized carbons (Fsp3) is 0.250. The Morgan fingerprint density at radius 1 is 1.41 bits per heavy atom. The predicted octanol–water partition coefficient (Wildman–Crippen LogP) is 1.56. The predicted molar refractivity (Wildman–Crippen MR) is 64.7 cm³/mol. The number of carbonyl (C=O) groups excluding carboxylic acids is 1. The van der Waals surface area contributed by atoms with Gasteiger partial charge in [-0.2, -0.15) is 0 Å². The Balaban J connectivity index is 3.22. The van der Waals surface area contributed by atoms with E-state index in [0.717, 1.165) is 0 Å². The van der Waals surface area contributed by atoms with Crippen LogP contribution in [0.15, 0.2) is 17.7 Å². The van der Waals surface area contributed by atoms with E-state index in [4.69, 9.17) is 10.5 Å². The van der Waals surface area contributed by atoms with E-state index in [1.807, 2.05) is 0 Å². The van der Waals surface area contributed by atoms with E-state index >= 15 is 0 Å². The van der Waals surface area contributed by atoms with Crippen molar-refractivity contribution in [2.75, 3.05) is 20.0 Å². The van der Waals surface area contributed by atoms with E-state index in [2.05, 4.69) is 4.74 Å². The normalized spacial score (nSPS) is 11.1. The number of esters is 1. The maximum atomic E-state index is 11.2. The molecule has 0 bridgehead atoms. The first-order valence-corrected chi connectivity index (χ1v) is 4.92. The highest BCUT2D eigenvalue weighted by molar-refractivity contribution is 5.93. The van der Waals surface area contributed by atoms with E-state index in [9.17, 15) is 9.90 Å². The van der Waals surface area contributed by atoms with Crippen molar-refractivity contribution >= 4 is 17.7 Å². The van der Waals surface area contributed by atoms with Gasteiger partial charge in [0.05, 0.1) is 19.9 Å². The van der Waals surface area contributed by atoms with Crippen molar-refractivity contribution in [2.24, 2.45) is 0 Å². The van der Waals surface area contributed by atoms with Gasteiger partial charge in [0, 0.05) is 17.2 Å². The molecule has 0 aromatic heterocycles. The number of rotatable bonds is 3. The number of aromatic hydroxyl groups is 1. The van der Waals surface area contributed by atoms with Crippen molar-refractivity contribution < 1.29 is 19.4 Å². The number of methoxy groups -OCH3 is 2. The number of hydrogen-bond acceptors (Lipinski definition) is 5. The molecule has 0 radical (unpaired) electrons. The van der Waals surface area contributed by atoms with Crippen LogP contribution in [0.5, 0.6) is 11.5 Å². The summed E-state index contributed by atoms with van der Waals surface area (Å²) >= 11 is 0. The zero-order valence-corrected chi connectivity index (χ0v) is 9.98. The van der Waals surface area contributed by atoms with E-state index in [1.165, 1.54) is 26.4 Å². The van der Waals surface area contributed by atoms with Crippen LogP contribution in [0.4, 0.5) is 5.69 Å². The Morgan fingerprint density at radius 3 is 2.59 bits per heavy atom. The fourth-order valence-corrected chi connectivity index (χ4v) is 1.33. The van der Waals surface area contributed by atoms with Gasteiger partial charge >= 0.3 is 5.97 Å². The van der Waals surface area contributed by atoms with Crippen molar-refractivity contribution in [1.29, 1.82) is 0 Å². The quantitative estimate of drug-likeness (QED) is 0.361. The van der Waals surface area contributed by atoms with E-state index < -0.39 is 5.97 Å². The summed E-state index contributed by atoms with van der Waals surface area (Å²) in [5.41, 5.74) is 6.56. The molecule has 0 heterocycles. The van der Waals surface area contributed by atoms with E-state index in [0.29, 0.717) is 16.9 Å². The molecule has 1 aromatic carbocycles. The van der Waals surface area contributed by atoms with Crippen molar-refractivity contribution in [3.63, 3.8) is 0 Å². The highest BCUT2D eigenvalue weighted by atomic mass is 16.5. The van der Waals surface area contributed by atoms with Crippen LogP contribution in [0.3, 0.4) is 0 Å². The molecule has 3 N–H and O–H groups in total. The summed E-state index contributed by atoms with van der Waals surface area (Å²) in [6, 6.07) is 3.08. The van der Waals surface area contributed by atoms with Gasteiger partial charge < -0.3 is 20.3 Å². The number of benzene rings is 1. The molecule has 0 saturated carbocycles. The molecule has 5 heteroatoms. The molecule has 0 aliphatic heterocycles. The SMILES string of the molecule is COC(=O)/C(C)=C/c1cc(OC)cc(N)c1O. The Bertz CT molecular complexity index is 466. The first kappa shape index (κ1) is 12.9. The zero-order chi connectivity index (χ0) is 13.0. The summed E-state index contributed by atoms with van der Waals surface area (Å²) in [7, 11) is 2.78. The van der Waals surface area contributed by atoms with Gasteiger partial charge in [0.15, 0.2) is 0 Å². The highest BCUT2D eigenvalue weighted by Crippen LogP contribution is 2.31. The molecule has 0 saturated heterocycles. The standard InChI is InChI=1S/C12H15NO4/c1-7(12(15)17-3)4-8-5-9(16-2)6-10(13)11(8)14/h4-6,14H,13H2,1-3H3/b7-4+. The monoisotopic (exact) mass is 237 g/mol. The second kappa shape index (κ2) is 5.25. The first-order valence-electron chi connectivity index (χ1n) is 4.92. The van der Waals surface area contributed by atoms with Gasteiger partial charge in [-0.1, -0.05) is 0 Å². The summed E-state index contributed by atoms with van der Waals surface area (Å²) < 4.78 is 9.58. The second-order valence-corrected chi connectivity index (χ2v) is 3.47. The third kappa shape index (κ3) is 2.90. The van der Waals surface area contributed by atoms with Crippen LogP contribution < -0.4 is 10.5 Å². The van der Waals surface area contributed by atoms with Crippen molar-refractivity contribution in [1.82, 2.24) is 0 Å². The second-order valence-electron chi connectivity index (χ2n) is 3.47. The van der Waals surface area contributed by atoms with Crippen LogP contribution in [0, 0.1) is 0 Å². The van der Waals surface area contributed by atoms with Gasteiger partial charge in [0.25, 0.3) is 0 Å². The largest absolute Gasteiger partial charge is 0.505 e. The van der Waals surface area contributed by atoms with Crippen molar-refractivity contribution in [3.8, 4) is 11.5 Å². The molecule has 0 fully saturated rings. The molecule has 0 unspecified atom stereocenters. The molecule has 92 valence electrons. The van der Waals surface area contributed by atoms with Crippen LogP contribution in [-0.4, -0.2) is 25.3 Å². The lowest BCUT2D eigenvalue weighted by molar-refractivity contribution is -0.135. The molecule has 0 spiro atoms. The third-order valence-electron chi connectivity index (χ3n) is 2.26. The van der Waals surface area contributed by atoms with Gasteiger partial charge in [-0.3, -0.25) is 0 Å². The van der Waals surface area contributed by atoms with Crippen LogP contribution in [0.2, 0.25) is 0 Å². The molecule has 1 aromatic rings. The number of phenolic OH excluding ortho intramolecular Hbond substituents is 1. The third-order valence-corrected chi connectivity index (χ3v) is 2.26. The Hall–Kier alpha value is -2.17. The van der Waals surface area contributed by atoms with E-state index in [1.54, 1.807) is 13.0 Å². The summed E-state index contributed by atoms with van der Waals surface area (Å²) in [6.45, 7) is 1.58. The number of ether oxygens (including phenoxy) is 2. The molecular formula is C12H15NO4. The number of hydrogen-bond donors (Lipinski definition) is 2. The van der Waals surface area contributed by atoms with Crippen LogP contribution in [0.25, 0.3) is 6.08 Å². The van der Waals surface area contributed by atoms with Crippen LogP contribution in [-0.2, 0) is 9.53 Å². The molecule has 5 nitrogen and oxygen atoms in total. The van der Waals surface area contributed by atoms with Crippen molar-refractivity contribution in [2.45, 2.75) is 6.92 Å². The highest BCUT2D eigenvalue weighted by Gasteiger charge is 2.09. The number of nitrogen functional groups attached to an aromatic ring is 1. The number of phenols is 1. The molecular weight excluding hydrogens is 222 g/mol. The summed E-state index contributed by atoms with van der Waals surface area (Å²) in [6.07, 6.45) is 1.49. The average Bonchev–Trinajstić information content (AvgIpc) is 2.33. The molecule has 0 aliphatic rings. The number of nitrogens with two attached hydrogens (primary N) is 1. The van der Waals surface area contributed by atoms with Gasteiger partial charge in [-0.15, -0.1) is 0 Å². The first-order chi connectivity index (χ1) is 7.99.